The topological polar surface area (TPSA) is 58.0 Å². The predicted molar refractivity (Wildman–Crippen MR) is 78.1 cm³/mol. The van der Waals surface area contributed by atoms with Crippen LogP contribution in [0.25, 0.3) is 0 Å². The van der Waals surface area contributed by atoms with Crippen LogP contribution in [-0.4, -0.2) is 21.1 Å². The minimum Gasteiger partial charge on any atom is -0.385 e. The highest BCUT2D eigenvalue weighted by Crippen LogP contribution is 2.38. The van der Waals surface area contributed by atoms with Crippen molar-refractivity contribution in [3.63, 3.8) is 0 Å². The van der Waals surface area contributed by atoms with Crippen molar-refractivity contribution in [3.05, 3.63) is 53.6 Å². The largest absolute Gasteiger partial charge is 0.385 e. The van der Waals surface area contributed by atoms with E-state index in [0.717, 1.165) is 0 Å². The minimum absolute atomic E-state index is 0.329. The lowest BCUT2D eigenvalue weighted by Gasteiger charge is -2.36. The molecule has 1 saturated carbocycles. The Labute approximate surface area is 135 Å². The van der Waals surface area contributed by atoms with Crippen molar-refractivity contribution in [2.45, 2.75) is 37.3 Å². The van der Waals surface area contributed by atoms with E-state index in [1.54, 1.807) is 24.5 Å². The molecule has 0 spiro atoms. The summed E-state index contributed by atoms with van der Waals surface area (Å²) in [6, 6.07) is 3.05. The van der Waals surface area contributed by atoms with Gasteiger partial charge in [-0.05, 0) is 31.7 Å². The summed E-state index contributed by atoms with van der Waals surface area (Å²) in [5.41, 5.74) is -1.27. The van der Waals surface area contributed by atoms with Crippen molar-refractivity contribution < 1.29 is 22.7 Å². The summed E-state index contributed by atoms with van der Waals surface area (Å²) < 4.78 is 53.6. The van der Waals surface area contributed by atoms with Crippen molar-refractivity contribution in [2.24, 2.45) is 0 Å². The number of nitrogens with zero attached hydrogens (tertiary/aromatic N) is 2. The number of anilines is 1. The highest BCUT2D eigenvalue weighted by Gasteiger charge is 2.35. The lowest BCUT2D eigenvalue weighted by molar-refractivity contribution is -0.00365. The molecule has 2 aromatic rings. The molecule has 4 nitrogen and oxygen atoms in total. The molecule has 3 rings (SSSR count). The SMILES string of the molecule is OC1(c2cccnc2)CCC(Nc2c(F)c(F)nc(F)c2F)CC1. The van der Waals surface area contributed by atoms with Crippen molar-refractivity contribution in [1.82, 2.24) is 9.97 Å². The highest BCUT2D eigenvalue weighted by molar-refractivity contribution is 5.46. The van der Waals surface area contributed by atoms with E-state index in [1.807, 2.05) is 0 Å². The fourth-order valence-corrected chi connectivity index (χ4v) is 2.98. The van der Waals surface area contributed by atoms with Crippen molar-refractivity contribution in [1.29, 1.82) is 0 Å². The Morgan fingerprint density at radius 1 is 1.08 bits per heavy atom. The zero-order chi connectivity index (χ0) is 17.3. The van der Waals surface area contributed by atoms with Crippen LogP contribution in [0.5, 0.6) is 0 Å². The van der Waals surface area contributed by atoms with Gasteiger partial charge in [0.15, 0.2) is 0 Å². The average molecular weight is 341 g/mol. The van der Waals surface area contributed by atoms with Gasteiger partial charge in [0.05, 0.1) is 5.60 Å². The predicted octanol–water partition coefficient (Wildman–Crippen LogP) is 3.28. The molecule has 1 aliphatic carbocycles. The van der Waals surface area contributed by atoms with Crippen LogP contribution < -0.4 is 5.32 Å². The van der Waals surface area contributed by atoms with Crippen LogP contribution in [0.2, 0.25) is 0 Å². The van der Waals surface area contributed by atoms with Gasteiger partial charge < -0.3 is 10.4 Å². The summed E-state index contributed by atoms with van der Waals surface area (Å²) in [7, 11) is 0. The molecular weight excluding hydrogens is 326 g/mol. The fourth-order valence-electron chi connectivity index (χ4n) is 2.98. The van der Waals surface area contributed by atoms with Crippen LogP contribution in [0.3, 0.4) is 0 Å². The molecule has 2 heterocycles. The van der Waals surface area contributed by atoms with E-state index in [0.29, 0.717) is 31.2 Å². The van der Waals surface area contributed by atoms with Gasteiger partial charge >= 0.3 is 0 Å². The smallest absolute Gasteiger partial charge is 0.253 e. The van der Waals surface area contributed by atoms with Crippen LogP contribution in [0.1, 0.15) is 31.2 Å². The second-order valence-corrected chi connectivity index (χ2v) is 5.89. The maximum absolute atomic E-state index is 13.7. The first-order valence-corrected chi connectivity index (χ1v) is 7.50. The Morgan fingerprint density at radius 3 is 2.25 bits per heavy atom. The summed E-state index contributed by atoms with van der Waals surface area (Å²) in [5, 5.41) is 13.2. The molecule has 0 atom stereocenters. The minimum atomic E-state index is -1.70. The number of pyridine rings is 2. The highest BCUT2D eigenvalue weighted by atomic mass is 19.2. The molecule has 0 unspecified atom stereocenters. The van der Waals surface area contributed by atoms with E-state index in [2.05, 4.69) is 15.3 Å². The quantitative estimate of drug-likeness (QED) is 0.664. The van der Waals surface area contributed by atoms with Gasteiger partial charge in [-0.15, -0.1) is 0 Å². The van der Waals surface area contributed by atoms with Crippen LogP contribution in [0.15, 0.2) is 24.5 Å². The Balaban J connectivity index is 1.73. The summed E-state index contributed by atoms with van der Waals surface area (Å²) in [6.45, 7) is 0. The van der Waals surface area contributed by atoms with Crippen molar-refractivity contribution in [3.8, 4) is 0 Å². The maximum atomic E-state index is 13.7. The van der Waals surface area contributed by atoms with Gasteiger partial charge in [0.1, 0.15) is 5.69 Å². The number of rotatable bonds is 3. The first kappa shape index (κ1) is 16.6. The molecule has 1 fully saturated rings. The second-order valence-electron chi connectivity index (χ2n) is 5.89. The first-order chi connectivity index (χ1) is 11.4. The number of hydrogen-bond acceptors (Lipinski definition) is 4. The molecule has 8 heteroatoms. The molecule has 2 N–H and O–H groups in total. The van der Waals surface area contributed by atoms with Crippen LogP contribution in [0.4, 0.5) is 23.2 Å². The molecule has 0 bridgehead atoms. The van der Waals surface area contributed by atoms with E-state index in [1.165, 1.54) is 0 Å². The molecule has 0 amide bonds. The molecular formula is C16H15F4N3O. The van der Waals surface area contributed by atoms with E-state index >= 15 is 0 Å². The number of aromatic nitrogens is 2. The summed E-state index contributed by atoms with van der Waals surface area (Å²) in [5.74, 6) is -6.50. The standard InChI is InChI=1S/C16H15F4N3O/c17-11-13(12(18)15(20)23-14(11)19)22-10-3-5-16(24,6-4-10)9-2-1-7-21-8-9/h1-2,7-8,10,24H,3-6H2,(H,22,23). The van der Waals surface area contributed by atoms with E-state index in [-0.39, 0.29) is 0 Å². The molecule has 24 heavy (non-hydrogen) atoms. The molecule has 0 aromatic carbocycles. The van der Waals surface area contributed by atoms with E-state index < -0.39 is 40.9 Å². The molecule has 2 aromatic heterocycles. The second kappa shape index (κ2) is 6.35. The summed E-state index contributed by atoms with van der Waals surface area (Å²) in [4.78, 5) is 6.49. The van der Waals surface area contributed by atoms with Gasteiger partial charge in [0, 0.05) is 24.0 Å². The molecule has 1 aliphatic rings. The summed E-state index contributed by atoms with van der Waals surface area (Å²) >= 11 is 0. The van der Waals surface area contributed by atoms with Gasteiger partial charge in [0.2, 0.25) is 11.6 Å². The number of hydrogen-bond donors (Lipinski definition) is 2. The van der Waals surface area contributed by atoms with Gasteiger partial charge in [-0.1, -0.05) is 6.07 Å². The Hall–Kier alpha value is -2.22. The lowest BCUT2D eigenvalue weighted by Crippen LogP contribution is -2.36. The monoisotopic (exact) mass is 341 g/mol. The van der Waals surface area contributed by atoms with Crippen LogP contribution in [0, 0.1) is 23.5 Å². The zero-order valence-electron chi connectivity index (χ0n) is 12.6. The van der Waals surface area contributed by atoms with Gasteiger partial charge in [0.25, 0.3) is 11.9 Å². The van der Waals surface area contributed by atoms with Gasteiger partial charge in [-0.3, -0.25) is 4.98 Å². The van der Waals surface area contributed by atoms with E-state index in [4.69, 9.17) is 0 Å². The third-order valence-corrected chi connectivity index (χ3v) is 4.36. The Bertz CT molecular complexity index is 708. The maximum Gasteiger partial charge on any atom is 0.253 e. The zero-order valence-corrected chi connectivity index (χ0v) is 12.6. The molecule has 0 saturated heterocycles. The number of halogens is 4. The number of aliphatic hydroxyl groups is 1. The third kappa shape index (κ3) is 3.06. The van der Waals surface area contributed by atoms with Crippen molar-refractivity contribution in [2.75, 3.05) is 5.32 Å². The molecule has 0 radical (unpaired) electrons. The molecule has 0 aliphatic heterocycles. The summed E-state index contributed by atoms with van der Waals surface area (Å²) in [6.07, 6.45) is 4.57. The normalized spacial score (nSPS) is 24.0. The van der Waals surface area contributed by atoms with Crippen LogP contribution >= 0.6 is 0 Å². The lowest BCUT2D eigenvalue weighted by atomic mass is 9.78. The molecule has 128 valence electrons. The van der Waals surface area contributed by atoms with Gasteiger partial charge in [-0.2, -0.15) is 22.5 Å². The third-order valence-electron chi connectivity index (χ3n) is 4.36. The first-order valence-electron chi connectivity index (χ1n) is 7.50. The van der Waals surface area contributed by atoms with E-state index in [9.17, 15) is 22.7 Å². The Morgan fingerprint density at radius 2 is 1.71 bits per heavy atom. The average Bonchev–Trinajstić information content (AvgIpc) is 2.59. The fraction of sp³-hybridized carbons (Fsp3) is 0.375. The van der Waals surface area contributed by atoms with Gasteiger partial charge in [-0.25, -0.2) is 0 Å². The van der Waals surface area contributed by atoms with Crippen molar-refractivity contribution >= 4 is 5.69 Å². The number of nitrogens with one attached hydrogen (secondary N) is 1. The van der Waals surface area contributed by atoms with Crippen LogP contribution in [-0.2, 0) is 5.60 Å². The Kier molecular flexibility index (Phi) is 4.40.